The number of rotatable bonds is 14. The van der Waals surface area contributed by atoms with Crippen LogP contribution in [0.1, 0.15) is 49.4 Å². The second kappa shape index (κ2) is 15.0. The smallest absolute Gasteiger partial charge is 0.229 e. The van der Waals surface area contributed by atoms with Crippen LogP contribution >= 0.6 is 11.3 Å². The molecule has 10 nitrogen and oxygen atoms in total. The Bertz CT molecular complexity index is 1360. The number of aromatic nitrogens is 4. The van der Waals surface area contributed by atoms with Crippen LogP contribution in [-0.4, -0.2) is 45.9 Å². The summed E-state index contributed by atoms with van der Waals surface area (Å²) in [6, 6.07) is 13.2. The van der Waals surface area contributed by atoms with E-state index in [1.165, 1.54) is 11.3 Å². The van der Waals surface area contributed by atoms with Gasteiger partial charge in [-0.25, -0.2) is 0 Å². The summed E-state index contributed by atoms with van der Waals surface area (Å²) in [7, 11) is 1.60. The fraction of sp³-hybridized carbons (Fsp3) is 0.400. The van der Waals surface area contributed by atoms with Gasteiger partial charge in [-0.3, -0.25) is 9.59 Å². The van der Waals surface area contributed by atoms with E-state index < -0.39 is 0 Å². The number of hydrogen-bond acceptors (Lipinski definition) is 9. The van der Waals surface area contributed by atoms with E-state index in [-0.39, 0.29) is 23.7 Å². The SMILES string of the molecule is CCOC1=CC(C)C(CC(=O)Nc2nnc(CCCCc3ccc(NC(=O)Cc4ccccc4)nn3)s2)C=C1OC. The summed E-state index contributed by atoms with van der Waals surface area (Å²) in [5.74, 6) is 1.74. The van der Waals surface area contributed by atoms with Crippen molar-refractivity contribution in [3.05, 3.63) is 82.4 Å². The van der Waals surface area contributed by atoms with Gasteiger partial charge in [-0.15, -0.1) is 15.3 Å². The molecule has 1 aliphatic rings. The maximum absolute atomic E-state index is 12.7. The number of unbranched alkanes of at least 4 members (excludes halogenated alkanes) is 1. The molecule has 41 heavy (non-hydrogen) atoms. The van der Waals surface area contributed by atoms with Gasteiger partial charge < -0.3 is 20.1 Å². The highest BCUT2D eigenvalue weighted by Crippen LogP contribution is 2.31. The van der Waals surface area contributed by atoms with Crippen molar-refractivity contribution in [3.8, 4) is 0 Å². The van der Waals surface area contributed by atoms with Crippen molar-refractivity contribution in [2.45, 2.75) is 52.4 Å². The van der Waals surface area contributed by atoms with Gasteiger partial charge in [0.05, 0.1) is 25.8 Å². The van der Waals surface area contributed by atoms with Gasteiger partial charge in [0.2, 0.25) is 16.9 Å². The van der Waals surface area contributed by atoms with Gasteiger partial charge in [0.15, 0.2) is 17.3 Å². The molecule has 2 aromatic heterocycles. The average molecular weight is 577 g/mol. The van der Waals surface area contributed by atoms with Crippen molar-refractivity contribution in [1.29, 1.82) is 0 Å². The molecule has 0 aliphatic heterocycles. The standard InChI is InChI=1S/C30H36N6O4S/c1-4-40-25-16-20(2)22(18-24(25)39-3)19-28(38)32-30-36-35-29(41-30)13-9-8-12-23-14-15-26(34-33-23)31-27(37)17-21-10-6-5-7-11-21/h5-7,10-11,14-16,18,20,22H,4,8-9,12-13,17,19H2,1-3H3,(H,31,34,37)(H,32,36,38). The summed E-state index contributed by atoms with van der Waals surface area (Å²) in [6.45, 7) is 4.55. The quantitative estimate of drug-likeness (QED) is 0.253. The van der Waals surface area contributed by atoms with E-state index >= 15 is 0 Å². The number of methoxy groups -OCH3 is 1. The molecule has 2 unspecified atom stereocenters. The first-order chi connectivity index (χ1) is 19.9. The molecular formula is C30H36N6O4S. The number of nitrogens with one attached hydrogen (secondary N) is 2. The van der Waals surface area contributed by atoms with Crippen molar-refractivity contribution >= 4 is 34.1 Å². The normalized spacial score (nSPS) is 16.4. The summed E-state index contributed by atoms with van der Waals surface area (Å²) < 4.78 is 11.1. The first kappa shape index (κ1) is 29.9. The Hall–Kier alpha value is -4.12. The number of amides is 2. The molecular weight excluding hydrogens is 540 g/mol. The van der Waals surface area contributed by atoms with Crippen molar-refractivity contribution in [2.24, 2.45) is 11.8 Å². The van der Waals surface area contributed by atoms with Gasteiger partial charge in [-0.1, -0.05) is 48.6 Å². The first-order valence-corrected chi connectivity index (χ1v) is 14.6. The predicted octanol–water partition coefficient (Wildman–Crippen LogP) is 5.12. The number of benzene rings is 1. The van der Waals surface area contributed by atoms with E-state index in [0.29, 0.717) is 36.2 Å². The van der Waals surface area contributed by atoms with Crippen molar-refractivity contribution < 1.29 is 19.1 Å². The number of aryl methyl sites for hydroxylation is 2. The van der Waals surface area contributed by atoms with Crippen LogP contribution in [0.2, 0.25) is 0 Å². The minimum absolute atomic E-state index is 0.00396. The lowest BCUT2D eigenvalue weighted by atomic mass is 9.86. The number of allylic oxidation sites excluding steroid dienone is 2. The fourth-order valence-electron chi connectivity index (χ4n) is 4.46. The Morgan fingerprint density at radius 3 is 2.44 bits per heavy atom. The molecule has 1 aliphatic carbocycles. The van der Waals surface area contributed by atoms with E-state index in [1.807, 2.05) is 55.5 Å². The lowest BCUT2D eigenvalue weighted by molar-refractivity contribution is -0.117. The van der Waals surface area contributed by atoms with Gasteiger partial charge in [0.25, 0.3) is 0 Å². The monoisotopic (exact) mass is 576 g/mol. The first-order valence-electron chi connectivity index (χ1n) is 13.8. The minimum Gasteiger partial charge on any atom is -0.493 e. The van der Waals surface area contributed by atoms with Gasteiger partial charge >= 0.3 is 0 Å². The number of nitrogens with zero attached hydrogens (tertiary/aromatic N) is 4. The van der Waals surface area contributed by atoms with Crippen molar-refractivity contribution in [3.63, 3.8) is 0 Å². The Morgan fingerprint density at radius 2 is 1.71 bits per heavy atom. The van der Waals surface area contributed by atoms with Crippen LogP contribution in [0, 0.1) is 11.8 Å². The molecule has 216 valence electrons. The molecule has 0 fully saturated rings. The largest absolute Gasteiger partial charge is 0.493 e. The van der Waals surface area contributed by atoms with Gasteiger partial charge in [-0.2, -0.15) is 5.10 Å². The molecule has 2 atom stereocenters. The number of hydrogen-bond donors (Lipinski definition) is 2. The topological polar surface area (TPSA) is 128 Å². The molecule has 0 spiro atoms. The zero-order valence-corrected chi connectivity index (χ0v) is 24.4. The summed E-state index contributed by atoms with van der Waals surface area (Å²) in [4.78, 5) is 24.9. The number of ether oxygens (including phenoxy) is 2. The maximum Gasteiger partial charge on any atom is 0.229 e. The second-order valence-corrected chi connectivity index (χ2v) is 10.9. The molecule has 0 saturated carbocycles. The van der Waals surface area contributed by atoms with Crippen LogP contribution in [0.5, 0.6) is 0 Å². The Labute approximate surface area is 244 Å². The highest BCUT2D eigenvalue weighted by molar-refractivity contribution is 7.15. The van der Waals surface area contributed by atoms with Crippen molar-refractivity contribution in [1.82, 2.24) is 20.4 Å². The average Bonchev–Trinajstić information content (AvgIpc) is 3.41. The van der Waals surface area contributed by atoms with Crippen LogP contribution in [-0.2, 0) is 38.3 Å². The van der Waals surface area contributed by atoms with E-state index in [0.717, 1.165) is 47.7 Å². The third kappa shape index (κ3) is 9.21. The number of anilines is 2. The zero-order chi connectivity index (χ0) is 29.0. The van der Waals surface area contributed by atoms with E-state index in [2.05, 4.69) is 38.0 Å². The highest BCUT2D eigenvalue weighted by atomic mass is 32.1. The number of carbonyl (C=O) groups excluding carboxylic acids is 2. The second-order valence-electron chi connectivity index (χ2n) is 9.80. The molecule has 2 heterocycles. The van der Waals surface area contributed by atoms with E-state index in [4.69, 9.17) is 9.47 Å². The minimum atomic E-state index is -0.125. The zero-order valence-electron chi connectivity index (χ0n) is 23.6. The van der Waals surface area contributed by atoms with Crippen LogP contribution < -0.4 is 10.6 Å². The Morgan fingerprint density at radius 1 is 0.902 bits per heavy atom. The molecule has 2 amide bonds. The molecule has 0 bridgehead atoms. The summed E-state index contributed by atoms with van der Waals surface area (Å²) in [6.07, 6.45) is 7.91. The summed E-state index contributed by atoms with van der Waals surface area (Å²) in [5.41, 5.74) is 1.81. The number of carbonyl (C=O) groups is 2. The van der Waals surface area contributed by atoms with Crippen LogP contribution in [0.4, 0.5) is 10.9 Å². The van der Waals surface area contributed by atoms with Gasteiger partial charge in [0, 0.05) is 12.8 Å². The molecule has 1 aromatic carbocycles. The highest BCUT2D eigenvalue weighted by Gasteiger charge is 2.26. The van der Waals surface area contributed by atoms with E-state index in [9.17, 15) is 9.59 Å². The fourth-order valence-corrected chi connectivity index (χ4v) is 5.26. The molecule has 0 radical (unpaired) electrons. The van der Waals surface area contributed by atoms with Crippen LogP contribution in [0.15, 0.2) is 66.1 Å². The molecule has 0 saturated heterocycles. The summed E-state index contributed by atoms with van der Waals surface area (Å²) in [5, 5.41) is 23.8. The lowest BCUT2D eigenvalue weighted by Crippen LogP contribution is -2.22. The molecule has 2 N–H and O–H groups in total. The maximum atomic E-state index is 12.7. The Kier molecular flexibility index (Phi) is 10.9. The van der Waals surface area contributed by atoms with Gasteiger partial charge in [0.1, 0.15) is 5.01 Å². The van der Waals surface area contributed by atoms with Crippen molar-refractivity contribution in [2.75, 3.05) is 24.4 Å². The molecule has 4 rings (SSSR count). The predicted molar refractivity (Wildman–Crippen MR) is 158 cm³/mol. The van der Waals surface area contributed by atoms with Crippen LogP contribution in [0.25, 0.3) is 0 Å². The third-order valence-corrected chi connectivity index (χ3v) is 7.52. The van der Waals surface area contributed by atoms with Crippen LogP contribution in [0.3, 0.4) is 0 Å². The van der Waals surface area contributed by atoms with E-state index in [1.54, 1.807) is 13.2 Å². The molecule has 3 aromatic rings. The molecule has 11 heteroatoms. The third-order valence-electron chi connectivity index (χ3n) is 6.62. The van der Waals surface area contributed by atoms with Gasteiger partial charge in [-0.05, 0) is 67.9 Å². The lowest BCUT2D eigenvalue weighted by Gasteiger charge is -2.25. The Balaban J connectivity index is 1.16. The summed E-state index contributed by atoms with van der Waals surface area (Å²) >= 11 is 1.40.